The molecule has 1 rings (SSSR count). The van der Waals surface area contributed by atoms with E-state index in [2.05, 4.69) is 12.2 Å². The molecule has 0 aromatic heterocycles. The van der Waals surface area contributed by atoms with Gasteiger partial charge in [-0.05, 0) is 12.5 Å². The summed E-state index contributed by atoms with van der Waals surface area (Å²) >= 11 is 0. The van der Waals surface area contributed by atoms with E-state index in [0.717, 1.165) is 12.8 Å². The SMILES string of the molecule is CCCCOC(=O)C1=C[N]C=C1. The number of hydrogen-bond donors (Lipinski definition) is 0. The van der Waals surface area contributed by atoms with Crippen molar-refractivity contribution in [2.45, 2.75) is 19.8 Å². The fraction of sp³-hybridized carbons (Fsp3) is 0.444. The number of carbonyl (C=O) groups is 1. The largest absolute Gasteiger partial charge is 0.462 e. The number of esters is 1. The van der Waals surface area contributed by atoms with Crippen LogP contribution in [-0.2, 0) is 9.53 Å². The summed E-state index contributed by atoms with van der Waals surface area (Å²) in [5.41, 5.74) is 0.533. The van der Waals surface area contributed by atoms with E-state index in [-0.39, 0.29) is 5.97 Å². The van der Waals surface area contributed by atoms with Gasteiger partial charge in [-0.2, -0.15) is 0 Å². The molecule has 3 nitrogen and oxygen atoms in total. The van der Waals surface area contributed by atoms with Gasteiger partial charge in [0, 0.05) is 12.4 Å². The summed E-state index contributed by atoms with van der Waals surface area (Å²) < 4.78 is 4.95. The fourth-order valence-corrected chi connectivity index (χ4v) is 0.803. The van der Waals surface area contributed by atoms with Gasteiger partial charge in [-0.1, -0.05) is 13.3 Å². The molecule has 3 heteroatoms. The predicted molar refractivity (Wildman–Crippen MR) is 45.2 cm³/mol. The second-order valence-corrected chi connectivity index (χ2v) is 2.54. The first-order chi connectivity index (χ1) is 5.84. The first-order valence-electron chi connectivity index (χ1n) is 4.08. The lowest BCUT2D eigenvalue weighted by atomic mass is 10.3. The molecule has 0 aromatic rings. The lowest BCUT2D eigenvalue weighted by Crippen LogP contribution is -2.06. The quantitative estimate of drug-likeness (QED) is 0.467. The Balaban J connectivity index is 2.24. The molecule has 0 aromatic carbocycles. The van der Waals surface area contributed by atoms with Gasteiger partial charge in [0.05, 0.1) is 12.2 Å². The van der Waals surface area contributed by atoms with Crippen LogP contribution in [-0.4, -0.2) is 12.6 Å². The van der Waals surface area contributed by atoms with E-state index in [0.29, 0.717) is 12.2 Å². The Morgan fingerprint density at radius 3 is 3.08 bits per heavy atom. The van der Waals surface area contributed by atoms with Crippen LogP contribution in [0.5, 0.6) is 0 Å². The first-order valence-corrected chi connectivity index (χ1v) is 4.08. The number of nitrogens with zero attached hydrogens (tertiary/aromatic N) is 1. The van der Waals surface area contributed by atoms with Crippen molar-refractivity contribution in [3.8, 4) is 0 Å². The average Bonchev–Trinajstić information content (AvgIpc) is 2.56. The smallest absolute Gasteiger partial charge is 0.339 e. The molecule has 12 heavy (non-hydrogen) atoms. The van der Waals surface area contributed by atoms with Crippen LogP contribution in [0.4, 0.5) is 0 Å². The van der Waals surface area contributed by atoms with Crippen molar-refractivity contribution in [1.29, 1.82) is 0 Å². The minimum atomic E-state index is -0.277. The van der Waals surface area contributed by atoms with E-state index in [1.807, 2.05) is 0 Å². The molecule has 0 saturated heterocycles. The van der Waals surface area contributed by atoms with Crippen molar-refractivity contribution in [2.75, 3.05) is 6.61 Å². The molecule has 0 unspecified atom stereocenters. The highest BCUT2D eigenvalue weighted by atomic mass is 16.5. The van der Waals surface area contributed by atoms with Crippen molar-refractivity contribution in [3.63, 3.8) is 0 Å². The molecule has 1 radical (unpaired) electrons. The topological polar surface area (TPSA) is 40.4 Å². The lowest BCUT2D eigenvalue weighted by molar-refractivity contribution is -0.138. The molecule has 0 saturated carbocycles. The summed E-state index contributed by atoms with van der Waals surface area (Å²) in [5, 5.41) is 3.77. The summed E-state index contributed by atoms with van der Waals surface area (Å²) in [6.07, 6.45) is 6.69. The van der Waals surface area contributed by atoms with Crippen molar-refractivity contribution in [2.24, 2.45) is 0 Å². The van der Waals surface area contributed by atoms with E-state index < -0.39 is 0 Å². The maximum Gasteiger partial charge on any atom is 0.339 e. The van der Waals surface area contributed by atoms with E-state index in [9.17, 15) is 4.79 Å². The molecule has 0 fully saturated rings. The van der Waals surface area contributed by atoms with E-state index in [1.54, 1.807) is 12.3 Å². The second-order valence-electron chi connectivity index (χ2n) is 2.54. The highest BCUT2D eigenvalue weighted by molar-refractivity contribution is 5.92. The third kappa shape index (κ3) is 2.42. The molecule has 1 aliphatic heterocycles. The zero-order valence-corrected chi connectivity index (χ0v) is 7.12. The maximum atomic E-state index is 11.1. The summed E-state index contributed by atoms with van der Waals surface area (Å²) in [6, 6.07) is 0. The third-order valence-electron chi connectivity index (χ3n) is 1.52. The van der Waals surface area contributed by atoms with Gasteiger partial charge in [0.2, 0.25) is 0 Å². The van der Waals surface area contributed by atoms with Gasteiger partial charge in [-0.15, -0.1) is 0 Å². The highest BCUT2D eigenvalue weighted by Gasteiger charge is 2.09. The van der Waals surface area contributed by atoms with Crippen LogP contribution in [0.3, 0.4) is 0 Å². The van der Waals surface area contributed by atoms with E-state index in [1.165, 1.54) is 6.20 Å². The molecule has 65 valence electrons. The molecular formula is C9H12NO2. The van der Waals surface area contributed by atoms with Crippen LogP contribution in [0, 0.1) is 0 Å². The number of ether oxygens (including phenoxy) is 1. The third-order valence-corrected chi connectivity index (χ3v) is 1.52. The molecule has 0 atom stereocenters. The normalized spacial score (nSPS) is 13.9. The minimum absolute atomic E-state index is 0.277. The summed E-state index contributed by atoms with van der Waals surface area (Å²) in [6.45, 7) is 2.55. The predicted octanol–water partition coefficient (Wildman–Crippen LogP) is 1.35. The van der Waals surface area contributed by atoms with Gasteiger partial charge in [0.25, 0.3) is 0 Å². The average molecular weight is 166 g/mol. The Kier molecular flexibility index (Phi) is 3.38. The Morgan fingerprint density at radius 1 is 1.67 bits per heavy atom. The number of rotatable bonds is 4. The van der Waals surface area contributed by atoms with Crippen molar-refractivity contribution < 1.29 is 9.53 Å². The van der Waals surface area contributed by atoms with Crippen molar-refractivity contribution >= 4 is 5.97 Å². The van der Waals surface area contributed by atoms with Crippen LogP contribution in [0.2, 0.25) is 0 Å². The van der Waals surface area contributed by atoms with Gasteiger partial charge in [-0.3, -0.25) is 5.32 Å². The van der Waals surface area contributed by atoms with E-state index in [4.69, 9.17) is 4.74 Å². The van der Waals surface area contributed by atoms with Gasteiger partial charge in [0.1, 0.15) is 0 Å². The second kappa shape index (κ2) is 4.59. The molecule has 1 heterocycles. The molecule has 1 aliphatic rings. The molecule has 0 spiro atoms. The molecule has 0 amide bonds. The molecule has 0 N–H and O–H groups in total. The van der Waals surface area contributed by atoms with Crippen LogP contribution in [0.1, 0.15) is 19.8 Å². The fourth-order valence-electron chi connectivity index (χ4n) is 0.803. The Hall–Kier alpha value is -1.25. The Morgan fingerprint density at radius 2 is 2.50 bits per heavy atom. The number of unbranched alkanes of at least 4 members (excludes halogenated alkanes) is 1. The van der Waals surface area contributed by atoms with E-state index >= 15 is 0 Å². The van der Waals surface area contributed by atoms with Crippen LogP contribution in [0.25, 0.3) is 0 Å². The summed E-state index contributed by atoms with van der Waals surface area (Å²) in [5.74, 6) is -0.277. The van der Waals surface area contributed by atoms with Crippen molar-refractivity contribution in [3.05, 3.63) is 24.0 Å². The first kappa shape index (κ1) is 8.84. The highest BCUT2D eigenvalue weighted by Crippen LogP contribution is 2.05. The molecular weight excluding hydrogens is 154 g/mol. The number of hydrogen-bond acceptors (Lipinski definition) is 2. The van der Waals surface area contributed by atoms with Gasteiger partial charge < -0.3 is 4.74 Å². The van der Waals surface area contributed by atoms with Crippen molar-refractivity contribution in [1.82, 2.24) is 5.32 Å². The number of carbonyl (C=O) groups excluding carboxylic acids is 1. The molecule has 0 aliphatic carbocycles. The van der Waals surface area contributed by atoms with Crippen LogP contribution < -0.4 is 5.32 Å². The zero-order chi connectivity index (χ0) is 8.81. The monoisotopic (exact) mass is 166 g/mol. The lowest BCUT2D eigenvalue weighted by Gasteiger charge is -2.01. The maximum absolute atomic E-state index is 11.1. The zero-order valence-electron chi connectivity index (χ0n) is 7.12. The van der Waals surface area contributed by atoms with Gasteiger partial charge >= 0.3 is 5.97 Å². The minimum Gasteiger partial charge on any atom is -0.462 e. The summed E-state index contributed by atoms with van der Waals surface area (Å²) in [4.78, 5) is 11.1. The summed E-state index contributed by atoms with van der Waals surface area (Å²) in [7, 11) is 0. The molecule has 0 bridgehead atoms. The van der Waals surface area contributed by atoms with Crippen LogP contribution >= 0.6 is 0 Å². The van der Waals surface area contributed by atoms with Gasteiger partial charge in [-0.25, -0.2) is 4.79 Å². The van der Waals surface area contributed by atoms with Crippen LogP contribution in [0.15, 0.2) is 24.0 Å². The standard InChI is InChI=1S/C9H12NO2/c1-2-3-6-12-9(11)8-4-5-10-7-8/h4-5,7H,2-3,6H2,1H3. The Bertz CT molecular complexity index is 219. The Labute approximate surface area is 72.1 Å². The van der Waals surface area contributed by atoms with Gasteiger partial charge in [0.15, 0.2) is 0 Å².